The van der Waals surface area contributed by atoms with Crippen molar-refractivity contribution in [2.75, 3.05) is 10.6 Å². The molecule has 3 aromatic rings. The molecule has 5 nitrogen and oxygen atoms in total. The fourth-order valence-corrected chi connectivity index (χ4v) is 5.97. The largest absolute Gasteiger partial charge is 0.345 e. The van der Waals surface area contributed by atoms with Crippen molar-refractivity contribution in [1.29, 1.82) is 0 Å². The molecule has 0 spiro atoms. The first-order chi connectivity index (χ1) is 17.2. The Morgan fingerprint density at radius 2 is 1.69 bits per heavy atom. The zero-order valence-electron chi connectivity index (χ0n) is 20.4. The van der Waals surface area contributed by atoms with E-state index in [0.29, 0.717) is 11.3 Å². The Hall–Kier alpha value is -2.54. The lowest BCUT2D eigenvalue weighted by Gasteiger charge is -2.24. The van der Waals surface area contributed by atoms with Gasteiger partial charge in [0.05, 0.1) is 34.6 Å². The van der Waals surface area contributed by atoms with Crippen LogP contribution in [-0.4, -0.2) is 20.6 Å². The quantitative estimate of drug-likeness (QED) is 0.342. The molecule has 0 saturated heterocycles. The van der Waals surface area contributed by atoms with Crippen LogP contribution < -0.4 is 9.62 Å². The Morgan fingerprint density at radius 1 is 1.00 bits per heavy atom. The molecule has 0 fully saturated rings. The van der Waals surface area contributed by atoms with Crippen LogP contribution in [0, 0.1) is 0 Å². The number of anilines is 1. The SMILES string of the molecule is CC[C@@H](NC(=O)c1ccc(CN(c2cccc(Cl)c2Cl)S(C)(=O)=O)cc1)c1ccc2c(c1)CCCC2. The number of halogens is 2. The third-order valence-corrected chi connectivity index (χ3v) is 8.57. The number of rotatable bonds is 8. The molecule has 1 atom stereocenters. The van der Waals surface area contributed by atoms with Crippen molar-refractivity contribution in [1.82, 2.24) is 5.32 Å². The van der Waals surface area contributed by atoms with E-state index in [1.165, 1.54) is 28.3 Å². The molecule has 4 rings (SSSR count). The van der Waals surface area contributed by atoms with Crippen molar-refractivity contribution in [3.05, 3.63) is 98.5 Å². The summed E-state index contributed by atoms with van der Waals surface area (Å²) in [5.41, 5.74) is 5.49. The van der Waals surface area contributed by atoms with E-state index < -0.39 is 10.0 Å². The number of benzene rings is 3. The van der Waals surface area contributed by atoms with E-state index in [1.54, 1.807) is 42.5 Å². The van der Waals surface area contributed by atoms with Crippen molar-refractivity contribution in [3.63, 3.8) is 0 Å². The average Bonchev–Trinajstić information content (AvgIpc) is 2.87. The van der Waals surface area contributed by atoms with Crippen molar-refractivity contribution in [2.24, 2.45) is 0 Å². The Morgan fingerprint density at radius 3 is 2.36 bits per heavy atom. The van der Waals surface area contributed by atoms with Gasteiger partial charge in [-0.3, -0.25) is 9.10 Å². The Labute approximate surface area is 223 Å². The molecular weight excluding hydrogens is 515 g/mol. The highest BCUT2D eigenvalue weighted by Gasteiger charge is 2.22. The lowest BCUT2D eigenvalue weighted by atomic mass is 9.88. The summed E-state index contributed by atoms with van der Waals surface area (Å²) in [7, 11) is -3.63. The summed E-state index contributed by atoms with van der Waals surface area (Å²) in [6.07, 6.45) is 6.59. The second-order valence-corrected chi connectivity index (χ2v) is 11.9. The fourth-order valence-electron chi connectivity index (χ4n) is 4.63. The number of amides is 1. The number of carbonyl (C=O) groups excluding carboxylic acids is 1. The second-order valence-electron chi connectivity index (χ2n) is 9.21. The van der Waals surface area contributed by atoms with E-state index in [-0.39, 0.29) is 28.5 Å². The summed E-state index contributed by atoms with van der Waals surface area (Å²) in [5, 5.41) is 3.60. The molecule has 1 amide bonds. The van der Waals surface area contributed by atoms with Crippen molar-refractivity contribution < 1.29 is 13.2 Å². The lowest BCUT2D eigenvalue weighted by molar-refractivity contribution is 0.0935. The van der Waals surface area contributed by atoms with Gasteiger partial charge in [-0.25, -0.2) is 8.42 Å². The highest BCUT2D eigenvalue weighted by Crippen LogP contribution is 2.34. The van der Waals surface area contributed by atoms with Gasteiger partial charge in [-0.1, -0.05) is 66.5 Å². The zero-order chi connectivity index (χ0) is 25.9. The molecule has 0 heterocycles. The molecule has 36 heavy (non-hydrogen) atoms. The lowest BCUT2D eigenvalue weighted by Crippen LogP contribution is -2.30. The molecule has 190 valence electrons. The van der Waals surface area contributed by atoms with E-state index in [2.05, 4.69) is 30.4 Å². The van der Waals surface area contributed by atoms with Gasteiger partial charge in [-0.2, -0.15) is 0 Å². The Kier molecular flexibility index (Phi) is 8.28. The molecule has 0 saturated carbocycles. The topological polar surface area (TPSA) is 66.5 Å². The van der Waals surface area contributed by atoms with E-state index in [9.17, 15) is 13.2 Å². The smallest absolute Gasteiger partial charge is 0.251 e. The molecular formula is C28H30Cl2N2O3S. The average molecular weight is 546 g/mol. The molecule has 0 aromatic heterocycles. The van der Waals surface area contributed by atoms with Gasteiger partial charge < -0.3 is 5.32 Å². The van der Waals surface area contributed by atoms with Crippen LogP contribution >= 0.6 is 23.2 Å². The van der Waals surface area contributed by atoms with Gasteiger partial charge in [0.2, 0.25) is 10.0 Å². The van der Waals surface area contributed by atoms with Crippen LogP contribution in [-0.2, 0) is 29.4 Å². The summed E-state index contributed by atoms with van der Waals surface area (Å²) in [4.78, 5) is 13.0. The van der Waals surface area contributed by atoms with E-state index >= 15 is 0 Å². The van der Waals surface area contributed by atoms with E-state index in [1.807, 2.05) is 0 Å². The molecule has 1 N–H and O–H groups in total. The highest BCUT2D eigenvalue weighted by atomic mass is 35.5. The molecule has 1 aliphatic rings. The van der Waals surface area contributed by atoms with Gasteiger partial charge in [0.25, 0.3) is 5.91 Å². The zero-order valence-corrected chi connectivity index (χ0v) is 22.8. The van der Waals surface area contributed by atoms with Crippen LogP contribution in [0.2, 0.25) is 10.0 Å². The van der Waals surface area contributed by atoms with E-state index in [0.717, 1.165) is 36.6 Å². The Balaban J connectivity index is 1.49. The van der Waals surface area contributed by atoms with Gasteiger partial charge in [0.1, 0.15) is 0 Å². The second kappa shape index (κ2) is 11.2. The maximum atomic E-state index is 13.0. The maximum absolute atomic E-state index is 13.0. The molecule has 3 aromatic carbocycles. The number of hydrogen-bond acceptors (Lipinski definition) is 3. The fraction of sp³-hybridized carbons (Fsp3) is 0.321. The predicted octanol–water partition coefficient (Wildman–Crippen LogP) is 6.72. The normalized spacial score (nSPS) is 14.1. The minimum Gasteiger partial charge on any atom is -0.345 e. The number of sulfonamides is 1. The van der Waals surface area contributed by atoms with Crippen molar-refractivity contribution >= 4 is 44.8 Å². The summed E-state index contributed by atoms with van der Waals surface area (Å²) in [6, 6.07) is 18.3. The van der Waals surface area contributed by atoms with E-state index in [4.69, 9.17) is 23.2 Å². The minimum atomic E-state index is -3.63. The summed E-state index contributed by atoms with van der Waals surface area (Å²) in [6.45, 7) is 2.13. The highest BCUT2D eigenvalue weighted by molar-refractivity contribution is 7.92. The summed E-state index contributed by atoms with van der Waals surface area (Å²) in [5.74, 6) is -0.163. The third kappa shape index (κ3) is 6.05. The van der Waals surface area contributed by atoms with Gasteiger partial charge in [0, 0.05) is 5.56 Å². The number of hydrogen-bond donors (Lipinski definition) is 1. The first-order valence-electron chi connectivity index (χ1n) is 12.1. The summed E-state index contributed by atoms with van der Waals surface area (Å²) < 4.78 is 26.2. The van der Waals surface area contributed by atoms with Crippen molar-refractivity contribution in [3.8, 4) is 0 Å². The number of nitrogens with one attached hydrogen (secondary N) is 1. The molecule has 0 unspecified atom stereocenters. The molecule has 0 bridgehead atoms. The van der Waals surface area contributed by atoms with Crippen LogP contribution in [0.15, 0.2) is 60.7 Å². The van der Waals surface area contributed by atoms with Gasteiger partial charge in [-0.05, 0) is 78.6 Å². The van der Waals surface area contributed by atoms with Crippen LogP contribution in [0.4, 0.5) is 5.69 Å². The number of carbonyl (C=O) groups is 1. The van der Waals surface area contributed by atoms with Crippen LogP contribution in [0.3, 0.4) is 0 Å². The summed E-state index contributed by atoms with van der Waals surface area (Å²) >= 11 is 12.4. The van der Waals surface area contributed by atoms with Gasteiger partial charge in [-0.15, -0.1) is 0 Å². The molecule has 8 heteroatoms. The number of fused-ring (bicyclic) bond motifs is 1. The standard InChI is InChI=1S/C28H30Cl2N2O3S/c1-3-25(23-16-15-20-7-4-5-8-22(20)17-23)31-28(33)21-13-11-19(12-14-21)18-32(36(2,34)35)26-10-6-9-24(29)27(26)30/h6,9-17,25H,3-5,7-8,18H2,1-2H3,(H,31,33)/t25-/m1/s1. The maximum Gasteiger partial charge on any atom is 0.251 e. The molecule has 0 aliphatic heterocycles. The molecule has 0 radical (unpaired) electrons. The van der Waals surface area contributed by atoms with Gasteiger partial charge >= 0.3 is 0 Å². The van der Waals surface area contributed by atoms with Crippen LogP contribution in [0.25, 0.3) is 0 Å². The predicted molar refractivity (Wildman–Crippen MR) is 148 cm³/mol. The first kappa shape index (κ1) is 26.5. The third-order valence-electron chi connectivity index (χ3n) is 6.63. The minimum absolute atomic E-state index is 0.0630. The van der Waals surface area contributed by atoms with Crippen LogP contribution in [0.5, 0.6) is 0 Å². The Bertz CT molecular complexity index is 1360. The number of nitrogens with zero attached hydrogens (tertiary/aromatic N) is 1. The van der Waals surface area contributed by atoms with Gasteiger partial charge in [0.15, 0.2) is 0 Å². The molecule has 1 aliphatic carbocycles. The first-order valence-corrected chi connectivity index (χ1v) is 14.7. The van der Waals surface area contributed by atoms with Crippen LogP contribution in [0.1, 0.15) is 64.8 Å². The number of aryl methyl sites for hydroxylation is 2. The van der Waals surface area contributed by atoms with Crippen molar-refractivity contribution in [2.45, 2.75) is 51.6 Å². The monoisotopic (exact) mass is 544 g/mol.